The van der Waals surface area contributed by atoms with E-state index in [9.17, 15) is 4.79 Å². The third kappa shape index (κ3) is 4.23. The number of nitrogens with zero attached hydrogens (tertiary/aromatic N) is 1. The van der Waals surface area contributed by atoms with Crippen molar-refractivity contribution in [3.8, 4) is 0 Å². The Hall–Kier alpha value is -1.55. The molecule has 3 N–H and O–H groups in total. The van der Waals surface area contributed by atoms with Crippen molar-refractivity contribution in [3.63, 3.8) is 0 Å². The standard InChI is InChI=1S/C16H25N3O/c1-19(15-6-3-2-4-7-15)11-5-10-18-16(20)13-8-9-14(17)12-13/h2-4,6-7,13-14H,5,8-12,17H2,1H3,(H,18,20)/t13-,14+/m1/s1. The monoisotopic (exact) mass is 275 g/mol. The van der Waals surface area contributed by atoms with Crippen LogP contribution in [0, 0.1) is 5.92 Å². The van der Waals surface area contributed by atoms with Gasteiger partial charge in [0.15, 0.2) is 0 Å². The van der Waals surface area contributed by atoms with Crippen molar-refractivity contribution in [2.24, 2.45) is 11.7 Å². The molecule has 20 heavy (non-hydrogen) atoms. The topological polar surface area (TPSA) is 58.4 Å². The van der Waals surface area contributed by atoms with Gasteiger partial charge in [-0.05, 0) is 37.8 Å². The molecule has 1 fully saturated rings. The summed E-state index contributed by atoms with van der Waals surface area (Å²) in [4.78, 5) is 14.1. The summed E-state index contributed by atoms with van der Waals surface area (Å²) < 4.78 is 0. The zero-order chi connectivity index (χ0) is 14.4. The van der Waals surface area contributed by atoms with Gasteiger partial charge in [0, 0.05) is 37.8 Å². The number of hydrogen-bond donors (Lipinski definition) is 2. The average molecular weight is 275 g/mol. The Morgan fingerprint density at radius 1 is 1.35 bits per heavy atom. The van der Waals surface area contributed by atoms with Gasteiger partial charge in [0.1, 0.15) is 0 Å². The quantitative estimate of drug-likeness (QED) is 0.778. The van der Waals surface area contributed by atoms with Gasteiger partial charge in [-0.1, -0.05) is 18.2 Å². The van der Waals surface area contributed by atoms with Crippen LogP contribution in [0.25, 0.3) is 0 Å². The summed E-state index contributed by atoms with van der Waals surface area (Å²) in [6.07, 6.45) is 3.72. The van der Waals surface area contributed by atoms with E-state index in [4.69, 9.17) is 5.73 Å². The van der Waals surface area contributed by atoms with Crippen molar-refractivity contribution in [2.75, 3.05) is 25.0 Å². The van der Waals surface area contributed by atoms with Crippen LogP contribution in [0.1, 0.15) is 25.7 Å². The van der Waals surface area contributed by atoms with Crippen LogP contribution in [-0.2, 0) is 4.79 Å². The molecule has 0 unspecified atom stereocenters. The highest BCUT2D eigenvalue weighted by Gasteiger charge is 2.27. The highest BCUT2D eigenvalue weighted by molar-refractivity contribution is 5.78. The Labute approximate surface area is 121 Å². The average Bonchev–Trinajstić information content (AvgIpc) is 2.91. The van der Waals surface area contributed by atoms with Crippen LogP contribution in [0.2, 0.25) is 0 Å². The van der Waals surface area contributed by atoms with Crippen LogP contribution in [0.5, 0.6) is 0 Å². The van der Waals surface area contributed by atoms with Gasteiger partial charge in [0.2, 0.25) is 5.91 Å². The number of carbonyl (C=O) groups excluding carboxylic acids is 1. The first-order valence-corrected chi connectivity index (χ1v) is 7.46. The van der Waals surface area contributed by atoms with E-state index in [1.807, 2.05) is 18.2 Å². The number of para-hydroxylation sites is 1. The molecule has 110 valence electrons. The van der Waals surface area contributed by atoms with Crippen molar-refractivity contribution in [3.05, 3.63) is 30.3 Å². The summed E-state index contributed by atoms with van der Waals surface area (Å²) >= 11 is 0. The minimum Gasteiger partial charge on any atom is -0.375 e. The Morgan fingerprint density at radius 3 is 2.75 bits per heavy atom. The predicted octanol–water partition coefficient (Wildman–Crippen LogP) is 1.76. The molecule has 1 saturated carbocycles. The second-order valence-electron chi connectivity index (χ2n) is 5.67. The summed E-state index contributed by atoms with van der Waals surface area (Å²) in [6, 6.07) is 10.5. The molecule has 2 rings (SSSR count). The summed E-state index contributed by atoms with van der Waals surface area (Å²) in [7, 11) is 2.08. The highest BCUT2D eigenvalue weighted by atomic mass is 16.1. The number of hydrogen-bond acceptors (Lipinski definition) is 3. The Balaban J connectivity index is 1.63. The summed E-state index contributed by atoms with van der Waals surface area (Å²) in [5.74, 6) is 0.317. The van der Waals surface area contributed by atoms with E-state index in [0.717, 1.165) is 38.8 Å². The summed E-state index contributed by atoms with van der Waals surface area (Å²) in [5, 5.41) is 3.03. The fourth-order valence-electron chi connectivity index (χ4n) is 2.74. The van der Waals surface area contributed by atoms with Gasteiger partial charge in [-0.2, -0.15) is 0 Å². The SMILES string of the molecule is CN(CCCNC(=O)[C@@H]1CC[C@H](N)C1)c1ccccc1. The van der Waals surface area contributed by atoms with Crippen molar-refractivity contribution < 1.29 is 4.79 Å². The Kier molecular flexibility index (Phi) is 5.41. The number of rotatable bonds is 6. The lowest BCUT2D eigenvalue weighted by Crippen LogP contribution is -2.32. The first kappa shape index (κ1) is 14.9. The lowest BCUT2D eigenvalue weighted by molar-refractivity contribution is -0.124. The second kappa shape index (κ2) is 7.29. The molecule has 4 nitrogen and oxygen atoms in total. The number of nitrogens with two attached hydrogens (primary N) is 1. The molecule has 2 atom stereocenters. The maximum absolute atomic E-state index is 11.9. The molecule has 0 heterocycles. The Morgan fingerprint density at radius 2 is 2.10 bits per heavy atom. The first-order valence-electron chi connectivity index (χ1n) is 7.46. The van der Waals surface area contributed by atoms with Crippen LogP contribution in [0.3, 0.4) is 0 Å². The molecule has 1 aliphatic carbocycles. The molecule has 4 heteroatoms. The molecule has 1 amide bonds. The zero-order valence-corrected chi connectivity index (χ0v) is 12.2. The van der Waals surface area contributed by atoms with E-state index in [1.165, 1.54) is 5.69 Å². The predicted molar refractivity (Wildman–Crippen MR) is 82.7 cm³/mol. The Bertz CT molecular complexity index is 421. The smallest absolute Gasteiger partial charge is 0.223 e. The van der Waals surface area contributed by atoms with Gasteiger partial charge in [-0.15, -0.1) is 0 Å². The van der Waals surface area contributed by atoms with E-state index < -0.39 is 0 Å². The lowest BCUT2D eigenvalue weighted by atomic mass is 10.1. The molecular formula is C16H25N3O. The molecular weight excluding hydrogens is 250 g/mol. The zero-order valence-electron chi connectivity index (χ0n) is 12.2. The number of amides is 1. The highest BCUT2D eigenvalue weighted by Crippen LogP contribution is 2.23. The van der Waals surface area contributed by atoms with Gasteiger partial charge < -0.3 is 16.0 Å². The molecule has 1 aliphatic rings. The van der Waals surface area contributed by atoms with E-state index in [1.54, 1.807) is 0 Å². The van der Waals surface area contributed by atoms with Gasteiger partial charge in [-0.3, -0.25) is 4.79 Å². The lowest BCUT2D eigenvalue weighted by Gasteiger charge is -2.19. The van der Waals surface area contributed by atoms with Crippen LogP contribution < -0.4 is 16.0 Å². The van der Waals surface area contributed by atoms with E-state index in [0.29, 0.717) is 0 Å². The van der Waals surface area contributed by atoms with Gasteiger partial charge >= 0.3 is 0 Å². The van der Waals surface area contributed by atoms with Crippen LogP contribution in [0.15, 0.2) is 30.3 Å². The number of nitrogens with one attached hydrogen (secondary N) is 1. The summed E-state index contributed by atoms with van der Waals surface area (Å²) in [5.41, 5.74) is 7.04. The van der Waals surface area contributed by atoms with Crippen LogP contribution in [0.4, 0.5) is 5.69 Å². The minimum absolute atomic E-state index is 0.136. The molecule has 1 aromatic rings. The molecule has 0 radical (unpaired) electrons. The van der Waals surface area contributed by atoms with Crippen molar-refractivity contribution in [1.82, 2.24) is 5.32 Å². The van der Waals surface area contributed by atoms with E-state index >= 15 is 0 Å². The maximum atomic E-state index is 11.9. The summed E-state index contributed by atoms with van der Waals surface area (Å²) in [6.45, 7) is 1.68. The molecule has 0 spiro atoms. The van der Waals surface area contributed by atoms with Gasteiger partial charge in [-0.25, -0.2) is 0 Å². The fraction of sp³-hybridized carbons (Fsp3) is 0.562. The van der Waals surface area contributed by atoms with Crippen LogP contribution >= 0.6 is 0 Å². The van der Waals surface area contributed by atoms with Crippen molar-refractivity contribution in [2.45, 2.75) is 31.7 Å². The third-order valence-electron chi connectivity index (χ3n) is 4.01. The fourth-order valence-corrected chi connectivity index (χ4v) is 2.74. The van der Waals surface area contributed by atoms with Gasteiger partial charge in [0.25, 0.3) is 0 Å². The first-order chi connectivity index (χ1) is 9.66. The van der Waals surface area contributed by atoms with Crippen molar-refractivity contribution >= 4 is 11.6 Å². The largest absolute Gasteiger partial charge is 0.375 e. The maximum Gasteiger partial charge on any atom is 0.223 e. The van der Waals surface area contributed by atoms with Crippen molar-refractivity contribution in [1.29, 1.82) is 0 Å². The number of benzene rings is 1. The number of anilines is 1. The van der Waals surface area contributed by atoms with Crippen LogP contribution in [-0.4, -0.2) is 32.1 Å². The van der Waals surface area contributed by atoms with E-state index in [2.05, 4.69) is 29.4 Å². The van der Waals surface area contributed by atoms with Gasteiger partial charge in [0.05, 0.1) is 0 Å². The molecule has 1 aromatic carbocycles. The van der Waals surface area contributed by atoms with E-state index in [-0.39, 0.29) is 17.9 Å². The third-order valence-corrected chi connectivity index (χ3v) is 4.01. The molecule has 0 saturated heterocycles. The normalized spacial score (nSPS) is 21.7. The molecule has 0 aromatic heterocycles. The number of carbonyl (C=O) groups is 1. The second-order valence-corrected chi connectivity index (χ2v) is 5.67. The molecule has 0 aliphatic heterocycles. The minimum atomic E-state index is 0.136. The molecule has 0 bridgehead atoms.